The molecule has 0 saturated carbocycles. The standard InChI is InChI=1S/C18H15N3O2S/c1-12-11-19-18(24-12)21-17(23)14-7-9-15(10-8-14)20-16(22)13-5-3-2-4-6-13/h2-11H,1H3,(H,20,22)(H,19,21,23). The molecule has 3 aromatic rings. The molecule has 120 valence electrons. The van der Waals surface area contributed by atoms with E-state index in [-0.39, 0.29) is 11.8 Å². The monoisotopic (exact) mass is 337 g/mol. The van der Waals surface area contributed by atoms with E-state index in [1.165, 1.54) is 11.3 Å². The zero-order valence-corrected chi connectivity index (χ0v) is 13.8. The molecule has 0 aliphatic heterocycles. The van der Waals surface area contributed by atoms with E-state index < -0.39 is 0 Å². The molecule has 1 heterocycles. The minimum Gasteiger partial charge on any atom is -0.322 e. The van der Waals surface area contributed by atoms with Gasteiger partial charge in [-0.3, -0.25) is 14.9 Å². The van der Waals surface area contributed by atoms with Crippen LogP contribution in [0.4, 0.5) is 10.8 Å². The molecule has 1 aromatic heterocycles. The summed E-state index contributed by atoms with van der Waals surface area (Å²) in [6, 6.07) is 15.7. The Balaban J connectivity index is 1.64. The van der Waals surface area contributed by atoms with Gasteiger partial charge >= 0.3 is 0 Å². The second-order valence-electron chi connectivity index (χ2n) is 5.13. The van der Waals surface area contributed by atoms with Crippen molar-refractivity contribution in [1.29, 1.82) is 0 Å². The molecular formula is C18H15N3O2S. The molecule has 0 fully saturated rings. The van der Waals surface area contributed by atoms with Gasteiger partial charge < -0.3 is 5.32 Å². The minimum absolute atomic E-state index is 0.189. The average molecular weight is 337 g/mol. The Labute approximate surface area is 143 Å². The quantitative estimate of drug-likeness (QED) is 0.757. The van der Waals surface area contributed by atoms with Gasteiger partial charge in [0.2, 0.25) is 0 Å². The highest BCUT2D eigenvalue weighted by molar-refractivity contribution is 7.15. The number of amides is 2. The Bertz CT molecular complexity index is 857. The molecule has 2 N–H and O–H groups in total. The van der Waals surface area contributed by atoms with E-state index in [1.807, 2.05) is 25.1 Å². The molecule has 0 saturated heterocycles. The molecule has 0 spiro atoms. The zero-order valence-electron chi connectivity index (χ0n) is 12.9. The molecule has 2 aromatic carbocycles. The number of rotatable bonds is 4. The fraction of sp³-hybridized carbons (Fsp3) is 0.0556. The van der Waals surface area contributed by atoms with Gasteiger partial charge in [0.15, 0.2) is 5.13 Å². The van der Waals surface area contributed by atoms with Crippen LogP contribution in [0.5, 0.6) is 0 Å². The maximum atomic E-state index is 12.1. The van der Waals surface area contributed by atoms with Crippen LogP contribution in [0.15, 0.2) is 60.8 Å². The van der Waals surface area contributed by atoms with Crippen LogP contribution in [0.1, 0.15) is 25.6 Å². The Hall–Kier alpha value is -2.99. The summed E-state index contributed by atoms with van der Waals surface area (Å²) < 4.78 is 0. The van der Waals surface area contributed by atoms with Crippen molar-refractivity contribution in [2.45, 2.75) is 6.92 Å². The molecule has 24 heavy (non-hydrogen) atoms. The molecule has 0 unspecified atom stereocenters. The summed E-state index contributed by atoms with van der Waals surface area (Å²) in [6.45, 7) is 1.93. The number of thiazole rings is 1. The molecule has 2 amide bonds. The van der Waals surface area contributed by atoms with Crippen molar-refractivity contribution in [3.05, 3.63) is 76.8 Å². The third-order valence-electron chi connectivity index (χ3n) is 3.28. The van der Waals surface area contributed by atoms with Gasteiger partial charge in [0.25, 0.3) is 11.8 Å². The summed E-state index contributed by atoms with van der Waals surface area (Å²) in [6.07, 6.45) is 1.71. The normalized spacial score (nSPS) is 10.2. The van der Waals surface area contributed by atoms with E-state index >= 15 is 0 Å². The van der Waals surface area contributed by atoms with Crippen molar-refractivity contribution in [1.82, 2.24) is 4.98 Å². The predicted molar refractivity (Wildman–Crippen MR) is 95.6 cm³/mol. The predicted octanol–water partition coefficient (Wildman–Crippen LogP) is 3.96. The second kappa shape index (κ2) is 7.06. The van der Waals surface area contributed by atoms with E-state index in [2.05, 4.69) is 15.6 Å². The Morgan fingerprint density at radius 1 is 0.875 bits per heavy atom. The van der Waals surface area contributed by atoms with Crippen molar-refractivity contribution < 1.29 is 9.59 Å². The lowest BCUT2D eigenvalue weighted by Gasteiger charge is -2.06. The first-order valence-corrected chi connectivity index (χ1v) is 8.14. The lowest BCUT2D eigenvalue weighted by Crippen LogP contribution is -2.13. The fourth-order valence-corrected chi connectivity index (χ4v) is 2.74. The van der Waals surface area contributed by atoms with Crippen molar-refractivity contribution in [3.8, 4) is 0 Å². The maximum Gasteiger partial charge on any atom is 0.257 e. The summed E-state index contributed by atoms with van der Waals surface area (Å²) in [4.78, 5) is 29.4. The summed E-state index contributed by atoms with van der Waals surface area (Å²) >= 11 is 1.42. The number of carbonyl (C=O) groups is 2. The number of hydrogen-bond donors (Lipinski definition) is 2. The summed E-state index contributed by atoms with van der Waals surface area (Å²) in [5.74, 6) is -0.420. The molecule has 0 radical (unpaired) electrons. The van der Waals surface area contributed by atoms with E-state index in [1.54, 1.807) is 42.6 Å². The highest BCUT2D eigenvalue weighted by atomic mass is 32.1. The number of nitrogens with zero attached hydrogens (tertiary/aromatic N) is 1. The van der Waals surface area contributed by atoms with Crippen molar-refractivity contribution >= 4 is 34.0 Å². The van der Waals surface area contributed by atoms with Gasteiger partial charge in [0.05, 0.1) is 0 Å². The van der Waals surface area contributed by atoms with E-state index in [9.17, 15) is 9.59 Å². The summed E-state index contributed by atoms with van der Waals surface area (Å²) in [5, 5.41) is 6.11. The molecule has 0 aliphatic carbocycles. The Morgan fingerprint density at radius 3 is 2.12 bits per heavy atom. The first kappa shape index (κ1) is 15.9. The molecule has 6 heteroatoms. The number of anilines is 2. The fourth-order valence-electron chi connectivity index (χ4n) is 2.08. The lowest BCUT2D eigenvalue weighted by molar-refractivity contribution is 0.102. The lowest BCUT2D eigenvalue weighted by atomic mass is 10.1. The van der Waals surface area contributed by atoms with E-state index in [0.717, 1.165) is 4.88 Å². The number of hydrogen-bond acceptors (Lipinski definition) is 4. The first-order valence-electron chi connectivity index (χ1n) is 7.32. The third-order valence-corrected chi connectivity index (χ3v) is 4.11. The maximum absolute atomic E-state index is 12.1. The highest BCUT2D eigenvalue weighted by Gasteiger charge is 2.09. The molecule has 0 atom stereocenters. The zero-order chi connectivity index (χ0) is 16.9. The van der Waals surface area contributed by atoms with Crippen molar-refractivity contribution in [3.63, 3.8) is 0 Å². The highest BCUT2D eigenvalue weighted by Crippen LogP contribution is 2.18. The smallest absolute Gasteiger partial charge is 0.257 e. The van der Waals surface area contributed by atoms with Crippen LogP contribution in [0.25, 0.3) is 0 Å². The van der Waals surface area contributed by atoms with Gasteiger partial charge in [-0.25, -0.2) is 4.98 Å². The van der Waals surface area contributed by atoms with Gasteiger partial charge in [-0.1, -0.05) is 18.2 Å². The van der Waals surface area contributed by atoms with Crippen LogP contribution in [0.3, 0.4) is 0 Å². The van der Waals surface area contributed by atoms with Crippen LogP contribution >= 0.6 is 11.3 Å². The number of benzene rings is 2. The molecule has 0 bridgehead atoms. The number of carbonyl (C=O) groups excluding carboxylic acids is 2. The van der Waals surface area contributed by atoms with E-state index in [4.69, 9.17) is 0 Å². The Morgan fingerprint density at radius 2 is 1.50 bits per heavy atom. The van der Waals surface area contributed by atoms with Crippen LogP contribution in [0, 0.1) is 6.92 Å². The van der Waals surface area contributed by atoms with Crippen LogP contribution in [-0.4, -0.2) is 16.8 Å². The summed E-state index contributed by atoms with van der Waals surface area (Å²) in [7, 11) is 0. The van der Waals surface area contributed by atoms with Crippen molar-refractivity contribution in [2.24, 2.45) is 0 Å². The molecule has 0 aliphatic rings. The average Bonchev–Trinajstić information content (AvgIpc) is 3.01. The Kier molecular flexibility index (Phi) is 4.67. The van der Waals surface area contributed by atoms with Crippen molar-refractivity contribution in [2.75, 3.05) is 10.6 Å². The number of aromatic nitrogens is 1. The van der Waals surface area contributed by atoms with Gasteiger partial charge in [0, 0.05) is 27.9 Å². The van der Waals surface area contributed by atoms with Gasteiger partial charge in [0.1, 0.15) is 0 Å². The molecule has 3 rings (SSSR count). The minimum atomic E-state index is -0.231. The van der Waals surface area contributed by atoms with Gasteiger partial charge in [-0.2, -0.15) is 0 Å². The third kappa shape index (κ3) is 3.85. The molecular weight excluding hydrogens is 322 g/mol. The number of nitrogens with one attached hydrogen (secondary N) is 2. The topological polar surface area (TPSA) is 71.1 Å². The largest absolute Gasteiger partial charge is 0.322 e. The first-order chi connectivity index (χ1) is 11.6. The van der Waals surface area contributed by atoms with Crippen LogP contribution in [0.2, 0.25) is 0 Å². The molecule has 5 nitrogen and oxygen atoms in total. The summed E-state index contributed by atoms with van der Waals surface area (Å²) in [5.41, 5.74) is 1.71. The van der Waals surface area contributed by atoms with Gasteiger partial charge in [-0.05, 0) is 43.3 Å². The van der Waals surface area contributed by atoms with E-state index in [0.29, 0.717) is 21.9 Å². The SMILES string of the molecule is Cc1cnc(NC(=O)c2ccc(NC(=O)c3ccccc3)cc2)s1. The van der Waals surface area contributed by atoms with Crippen LogP contribution < -0.4 is 10.6 Å². The second-order valence-corrected chi connectivity index (χ2v) is 6.36. The number of aryl methyl sites for hydroxylation is 1. The van der Waals surface area contributed by atoms with Gasteiger partial charge in [-0.15, -0.1) is 11.3 Å². The van der Waals surface area contributed by atoms with Crippen LogP contribution in [-0.2, 0) is 0 Å².